The van der Waals surface area contributed by atoms with Crippen molar-refractivity contribution in [2.75, 3.05) is 0 Å². The number of fused-ring (bicyclic) bond motifs is 13. The highest BCUT2D eigenvalue weighted by atomic mass is 15.0. The molecular weight excluding hydrogens is 801 g/mol. The summed E-state index contributed by atoms with van der Waals surface area (Å²) < 4.78 is 4.81. The van der Waals surface area contributed by atoms with E-state index in [2.05, 4.69) is 228 Å². The van der Waals surface area contributed by atoms with Gasteiger partial charge in [-0.3, -0.25) is 0 Å². The summed E-state index contributed by atoms with van der Waals surface area (Å²) >= 11 is 0. The second-order valence-corrected chi connectivity index (χ2v) is 17.8. The summed E-state index contributed by atoms with van der Waals surface area (Å²) in [6.07, 6.45) is 0. The van der Waals surface area contributed by atoms with E-state index in [4.69, 9.17) is 9.97 Å². The largest absolute Gasteiger partial charge is 0.309 e. The molecule has 0 aliphatic heterocycles. The summed E-state index contributed by atoms with van der Waals surface area (Å²) in [6, 6.07) is 79.8. The third-order valence-electron chi connectivity index (χ3n) is 14.2. The van der Waals surface area contributed by atoms with Crippen LogP contribution in [-0.2, 0) is 0 Å². The first-order chi connectivity index (χ1) is 32.7. The lowest BCUT2D eigenvalue weighted by Crippen LogP contribution is -1.95. The molecule has 304 valence electrons. The lowest BCUT2D eigenvalue weighted by atomic mass is 9.96. The average Bonchev–Trinajstić information content (AvgIpc) is 4.01. The third kappa shape index (κ3) is 5.04. The molecule has 0 radical (unpaired) electrons. The number of hydrogen-bond acceptors (Lipinski definition) is 2. The van der Waals surface area contributed by atoms with Crippen LogP contribution in [0.15, 0.2) is 218 Å². The van der Waals surface area contributed by atoms with Crippen molar-refractivity contribution >= 4 is 86.8 Å². The van der Waals surface area contributed by atoms with E-state index < -0.39 is 0 Å². The molecular formula is C62H36N4. The number of para-hydroxylation sites is 3. The van der Waals surface area contributed by atoms with Gasteiger partial charge < -0.3 is 9.13 Å². The maximum absolute atomic E-state index is 5.19. The molecule has 14 aromatic rings. The molecule has 0 atom stereocenters. The van der Waals surface area contributed by atoms with Gasteiger partial charge in [0.15, 0.2) is 5.82 Å². The molecule has 15 rings (SSSR count). The van der Waals surface area contributed by atoms with E-state index in [-0.39, 0.29) is 0 Å². The molecule has 66 heavy (non-hydrogen) atoms. The van der Waals surface area contributed by atoms with Crippen LogP contribution < -0.4 is 0 Å². The molecule has 11 aromatic carbocycles. The van der Waals surface area contributed by atoms with Gasteiger partial charge in [0.1, 0.15) is 0 Å². The topological polar surface area (TPSA) is 35.6 Å². The van der Waals surface area contributed by atoms with Crippen LogP contribution in [0, 0.1) is 0 Å². The SMILES string of the molecule is c1ccc(-n2c3ccccc3c3c4ccc(-c5ccc6cc7c(cc6c5)c5ccccc5n7-c5ccc6cc(-c7nc8c9c(cccc9n7)-c7ccccc7-8)ccc6c5)cc4ccc32)cc1. The zero-order valence-corrected chi connectivity index (χ0v) is 35.6. The predicted octanol–water partition coefficient (Wildman–Crippen LogP) is 16.3. The first-order valence-electron chi connectivity index (χ1n) is 22.6. The maximum atomic E-state index is 5.19. The van der Waals surface area contributed by atoms with Gasteiger partial charge in [0.2, 0.25) is 0 Å². The second kappa shape index (κ2) is 13.3. The zero-order chi connectivity index (χ0) is 43.0. The molecule has 0 N–H and O–H groups in total. The van der Waals surface area contributed by atoms with Crippen molar-refractivity contribution in [1.82, 2.24) is 19.1 Å². The van der Waals surface area contributed by atoms with Gasteiger partial charge in [-0.15, -0.1) is 0 Å². The van der Waals surface area contributed by atoms with Crippen LogP contribution in [0.2, 0.25) is 0 Å². The first kappa shape index (κ1) is 35.6. The van der Waals surface area contributed by atoms with Crippen LogP contribution in [0.4, 0.5) is 0 Å². The minimum Gasteiger partial charge on any atom is -0.309 e. The van der Waals surface area contributed by atoms with Crippen molar-refractivity contribution in [2.45, 2.75) is 0 Å². The van der Waals surface area contributed by atoms with Gasteiger partial charge in [-0.2, -0.15) is 0 Å². The number of aromatic nitrogens is 4. The van der Waals surface area contributed by atoms with E-state index in [0.717, 1.165) is 39.1 Å². The molecule has 0 fully saturated rings. The van der Waals surface area contributed by atoms with E-state index >= 15 is 0 Å². The van der Waals surface area contributed by atoms with Crippen molar-refractivity contribution in [3.63, 3.8) is 0 Å². The average molecular weight is 837 g/mol. The Morgan fingerprint density at radius 2 is 0.924 bits per heavy atom. The number of nitrogens with zero attached hydrogens (tertiary/aromatic N) is 4. The van der Waals surface area contributed by atoms with Gasteiger partial charge in [0.25, 0.3) is 0 Å². The summed E-state index contributed by atoms with van der Waals surface area (Å²) in [5.41, 5.74) is 16.2. The van der Waals surface area contributed by atoms with Crippen LogP contribution in [0.5, 0.6) is 0 Å². The Balaban J connectivity index is 0.817. The van der Waals surface area contributed by atoms with E-state index in [9.17, 15) is 0 Å². The van der Waals surface area contributed by atoms with Crippen molar-refractivity contribution in [1.29, 1.82) is 0 Å². The molecule has 3 heterocycles. The van der Waals surface area contributed by atoms with Crippen molar-refractivity contribution < 1.29 is 0 Å². The molecule has 0 saturated carbocycles. The molecule has 0 bridgehead atoms. The Hall–Kier alpha value is -8.86. The van der Waals surface area contributed by atoms with Gasteiger partial charge >= 0.3 is 0 Å². The molecule has 0 unspecified atom stereocenters. The predicted molar refractivity (Wildman–Crippen MR) is 276 cm³/mol. The Kier molecular flexibility index (Phi) is 7.19. The minimum absolute atomic E-state index is 0.750. The van der Waals surface area contributed by atoms with Gasteiger partial charge in [0, 0.05) is 49.4 Å². The minimum atomic E-state index is 0.750. The van der Waals surface area contributed by atoms with E-state index in [1.807, 2.05) is 0 Å². The highest BCUT2D eigenvalue weighted by Crippen LogP contribution is 2.46. The van der Waals surface area contributed by atoms with Gasteiger partial charge in [-0.25, -0.2) is 9.97 Å². The maximum Gasteiger partial charge on any atom is 0.160 e. The normalized spacial score (nSPS) is 12.2. The molecule has 0 amide bonds. The molecule has 0 saturated heterocycles. The molecule has 1 aliphatic rings. The molecule has 0 spiro atoms. The zero-order valence-electron chi connectivity index (χ0n) is 35.6. The van der Waals surface area contributed by atoms with E-state index in [1.165, 1.54) is 104 Å². The van der Waals surface area contributed by atoms with Crippen LogP contribution in [0.3, 0.4) is 0 Å². The monoisotopic (exact) mass is 836 g/mol. The third-order valence-corrected chi connectivity index (χ3v) is 14.2. The number of rotatable bonds is 4. The Morgan fingerprint density at radius 1 is 0.288 bits per heavy atom. The Bertz CT molecular complexity index is 4400. The van der Waals surface area contributed by atoms with Gasteiger partial charge in [-0.05, 0) is 133 Å². The van der Waals surface area contributed by atoms with Gasteiger partial charge in [0.05, 0.1) is 33.3 Å². The second-order valence-electron chi connectivity index (χ2n) is 17.8. The van der Waals surface area contributed by atoms with Crippen LogP contribution in [0.25, 0.3) is 143 Å². The Labute approximate surface area is 378 Å². The molecule has 4 nitrogen and oxygen atoms in total. The highest BCUT2D eigenvalue weighted by molar-refractivity contribution is 6.22. The van der Waals surface area contributed by atoms with E-state index in [0.29, 0.717) is 0 Å². The fourth-order valence-electron chi connectivity index (χ4n) is 11.2. The van der Waals surface area contributed by atoms with Gasteiger partial charge in [-0.1, -0.05) is 140 Å². The quantitative estimate of drug-likeness (QED) is 0.177. The summed E-state index contributed by atoms with van der Waals surface area (Å²) in [7, 11) is 0. The van der Waals surface area contributed by atoms with Crippen LogP contribution in [0.1, 0.15) is 0 Å². The number of hydrogen-bond donors (Lipinski definition) is 0. The fraction of sp³-hybridized carbons (Fsp3) is 0. The van der Waals surface area contributed by atoms with Crippen LogP contribution >= 0.6 is 0 Å². The summed E-state index contributed by atoms with van der Waals surface area (Å²) in [5, 5.41) is 13.5. The summed E-state index contributed by atoms with van der Waals surface area (Å²) in [6.45, 7) is 0. The highest BCUT2D eigenvalue weighted by Gasteiger charge is 2.24. The molecule has 1 aliphatic carbocycles. The standard InChI is InChI=1S/C62H36N4/c1-2-11-45(12-3-1)65-56-20-9-7-16-52(56)59-47-29-26-39(31-42(47)27-30-57(59)65)37-21-22-41-36-58-53(35-44(41)33-37)49-14-6-8-19-55(49)66(58)46-28-25-38-32-43(24-23-40(38)34-46)62-63-54-18-10-17-50-48-13-4-5-15-51(48)61(64-62)60(50)54/h1-36H. The molecule has 4 heteroatoms. The smallest absolute Gasteiger partial charge is 0.160 e. The summed E-state index contributed by atoms with van der Waals surface area (Å²) in [4.78, 5) is 10.3. The summed E-state index contributed by atoms with van der Waals surface area (Å²) in [5.74, 6) is 0.750. The first-order valence-corrected chi connectivity index (χ1v) is 22.6. The lowest BCUT2D eigenvalue weighted by Gasteiger charge is -2.12. The van der Waals surface area contributed by atoms with Crippen molar-refractivity contribution in [3.8, 4) is 56.3 Å². The fourth-order valence-corrected chi connectivity index (χ4v) is 11.2. The van der Waals surface area contributed by atoms with Crippen LogP contribution in [-0.4, -0.2) is 19.1 Å². The van der Waals surface area contributed by atoms with Crippen molar-refractivity contribution in [2.24, 2.45) is 0 Å². The lowest BCUT2D eigenvalue weighted by molar-refractivity contribution is 1.18. The van der Waals surface area contributed by atoms with Crippen molar-refractivity contribution in [3.05, 3.63) is 218 Å². The van der Waals surface area contributed by atoms with E-state index in [1.54, 1.807) is 0 Å². The number of benzene rings is 11. The molecule has 3 aromatic heterocycles. The Morgan fingerprint density at radius 3 is 1.80 bits per heavy atom.